The number of nitrogens with one attached hydrogen (secondary N) is 1. The van der Waals surface area contributed by atoms with Crippen molar-refractivity contribution in [3.05, 3.63) is 71.3 Å². The van der Waals surface area contributed by atoms with Crippen LogP contribution in [0.3, 0.4) is 0 Å². The van der Waals surface area contributed by atoms with Gasteiger partial charge < -0.3 is 29.4 Å². The van der Waals surface area contributed by atoms with Crippen molar-refractivity contribution in [1.29, 1.82) is 0 Å². The van der Waals surface area contributed by atoms with Crippen molar-refractivity contribution in [2.24, 2.45) is 0 Å². The summed E-state index contributed by atoms with van der Waals surface area (Å²) in [6.45, 7) is 2.62. The van der Waals surface area contributed by atoms with Gasteiger partial charge in [0.25, 0.3) is 0 Å². The fourth-order valence-electron chi connectivity index (χ4n) is 4.12. The number of fused-ring (bicyclic) bond motifs is 1. The van der Waals surface area contributed by atoms with Crippen molar-refractivity contribution in [3.63, 3.8) is 0 Å². The Labute approximate surface area is 191 Å². The van der Waals surface area contributed by atoms with E-state index in [1.165, 1.54) is 12.0 Å². The Morgan fingerprint density at radius 3 is 2.61 bits per heavy atom. The predicted octanol–water partition coefficient (Wildman–Crippen LogP) is 3.30. The number of urea groups is 1. The number of ether oxygens (including phenoxy) is 2. The van der Waals surface area contributed by atoms with Gasteiger partial charge in [-0.25, -0.2) is 14.6 Å². The Balaban J connectivity index is 1.57. The van der Waals surface area contributed by atoms with Crippen molar-refractivity contribution in [2.45, 2.75) is 32.5 Å². The number of hydrogen-bond donors (Lipinski definition) is 2. The zero-order chi connectivity index (χ0) is 23.5. The number of aryl methyl sites for hydroxylation is 1. The summed E-state index contributed by atoms with van der Waals surface area (Å²) in [5, 5.41) is 12.6. The van der Waals surface area contributed by atoms with Gasteiger partial charge in [0, 0.05) is 18.7 Å². The molecule has 0 fully saturated rings. The van der Waals surface area contributed by atoms with Gasteiger partial charge in [0.2, 0.25) is 0 Å². The van der Waals surface area contributed by atoms with Crippen LogP contribution < -0.4 is 14.8 Å². The van der Waals surface area contributed by atoms with Crippen LogP contribution >= 0.6 is 0 Å². The maximum Gasteiger partial charge on any atom is 0.326 e. The second-order valence-corrected chi connectivity index (χ2v) is 7.89. The maximum atomic E-state index is 13.0. The van der Waals surface area contributed by atoms with Gasteiger partial charge in [-0.2, -0.15) is 0 Å². The monoisotopic (exact) mass is 450 g/mol. The molecule has 0 bridgehead atoms. The summed E-state index contributed by atoms with van der Waals surface area (Å²) in [4.78, 5) is 30.8. The number of carboxylic acids is 1. The van der Waals surface area contributed by atoms with Gasteiger partial charge >= 0.3 is 12.0 Å². The minimum Gasteiger partial charge on any atom is -0.496 e. The molecule has 0 saturated heterocycles. The van der Waals surface area contributed by atoms with Crippen LogP contribution in [-0.4, -0.2) is 51.8 Å². The van der Waals surface area contributed by atoms with E-state index in [1.54, 1.807) is 37.7 Å². The number of carbonyl (C=O) groups is 2. The number of methoxy groups -OCH3 is 2. The third-order valence-electron chi connectivity index (χ3n) is 5.82. The number of carboxylic acid groups (broad SMARTS) is 1. The summed E-state index contributed by atoms with van der Waals surface area (Å²) in [5.41, 5.74) is 4.05. The molecule has 9 nitrogen and oxygen atoms in total. The largest absolute Gasteiger partial charge is 0.496 e. The maximum absolute atomic E-state index is 13.0. The Morgan fingerprint density at radius 1 is 1.15 bits per heavy atom. The first kappa shape index (κ1) is 22.2. The molecule has 0 spiro atoms. The van der Waals surface area contributed by atoms with Gasteiger partial charge in [-0.1, -0.05) is 24.3 Å². The number of amides is 2. The normalized spacial score (nSPS) is 15.0. The molecule has 1 unspecified atom stereocenters. The molecule has 0 aliphatic carbocycles. The van der Waals surface area contributed by atoms with E-state index in [2.05, 4.69) is 10.3 Å². The van der Waals surface area contributed by atoms with Crippen molar-refractivity contribution in [3.8, 4) is 11.5 Å². The van der Waals surface area contributed by atoms with Crippen LogP contribution in [0, 0.1) is 6.92 Å². The van der Waals surface area contributed by atoms with Crippen molar-refractivity contribution < 1.29 is 24.2 Å². The standard InChI is InChI=1S/C24H26N4O5/c1-15-10-16(8-9-21(15)32-2)12-27-14-25-18-13-28(20(23(29)30)11-19(18)27)24(31)26-17-6-4-5-7-22(17)33-3/h4-10,14,20H,11-13H2,1-3H3,(H,26,31)(H,29,30). The van der Waals surface area contributed by atoms with E-state index >= 15 is 0 Å². The Kier molecular flexibility index (Phi) is 6.21. The van der Waals surface area contributed by atoms with E-state index < -0.39 is 18.0 Å². The highest BCUT2D eigenvalue weighted by molar-refractivity contribution is 5.93. The second kappa shape index (κ2) is 9.23. The number of aromatic nitrogens is 2. The molecule has 3 aromatic rings. The number of rotatable bonds is 6. The van der Waals surface area contributed by atoms with Crippen LogP contribution in [0.2, 0.25) is 0 Å². The van der Waals surface area contributed by atoms with E-state index in [-0.39, 0.29) is 13.0 Å². The molecular formula is C24H26N4O5. The minimum absolute atomic E-state index is 0.0991. The van der Waals surface area contributed by atoms with Crippen molar-refractivity contribution in [1.82, 2.24) is 14.5 Å². The van der Waals surface area contributed by atoms with Gasteiger partial charge in [-0.3, -0.25) is 0 Å². The summed E-state index contributed by atoms with van der Waals surface area (Å²) < 4.78 is 12.5. The molecule has 33 heavy (non-hydrogen) atoms. The van der Waals surface area contributed by atoms with E-state index in [0.717, 1.165) is 22.6 Å². The predicted molar refractivity (Wildman–Crippen MR) is 122 cm³/mol. The van der Waals surface area contributed by atoms with E-state index in [9.17, 15) is 14.7 Å². The quantitative estimate of drug-likeness (QED) is 0.597. The van der Waals surface area contributed by atoms with E-state index in [4.69, 9.17) is 9.47 Å². The number of para-hydroxylation sites is 2. The average molecular weight is 450 g/mol. The molecule has 1 atom stereocenters. The van der Waals surface area contributed by atoms with E-state index in [0.29, 0.717) is 23.7 Å². The SMILES string of the molecule is COc1ccc(Cn2cnc3c2CC(C(=O)O)N(C(=O)Nc2ccccc2OC)C3)cc1C. The Morgan fingerprint density at radius 2 is 1.91 bits per heavy atom. The Hall–Kier alpha value is -4.01. The second-order valence-electron chi connectivity index (χ2n) is 7.89. The van der Waals surface area contributed by atoms with Crippen LogP contribution in [0.15, 0.2) is 48.8 Å². The summed E-state index contributed by atoms with van der Waals surface area (Å²) in [7, 11) is 3.14. The van der Waals surface area contributed by atoms with E-state index in [1.807, 2.05) is 29.7 Å². The van der Waals surface area contributed by atoms with Crippen LogP contribution in [0.5, 0.6) is 11.5 Å². The van der Waals surface area contributed by atoms with Gasteiger partial charge in [-0.15, -0.1) is 0 Å². The lowest BCUT2D eigenvalue weighted by Crippen LogP contribution is -2.50. The smallest absolute Gasteiger partial charge is 0.326 e. The zero-order valence-corrected chi connectivity index (χ0v) is 18.7. The lowest BCUT2D eigenvalue weighted by Gasteiger charge is -2.33. The number of hydrogen-bond acceptors (Lipinski definition) is 5. The van der Waals surface area contributed by atoms with Gasteiger partial charge in [0.05, 0.1) is 38.5 Å². The third-order valence-corrected chi connectivity index (χ3v) is 5.82. The fourth-order valence-corrected chi connectivity index (χ4v) is 4.12. The van der Waals surface area contributed by atoms with Crippen LogP contribution in [0.4, 0.5) is 10.5 Å². The summed E-state index contributed by atoms with van der Waals surface area (Å²) in [6, 6.07) is 11.4. The number of nitrogens with zero attached hydrogens (tertiary/aromatic N) is 3. The molecule has 0 saturated carbocycles. The van der Waals surface area contributed by atoms with Gasteiger partial charge in [-0.05, 0) is 36.2 Å². The number of carbonyl (C=O) groups excluding carboxylic acids is 1. The number of benzene rings is 2. The third kappa shape index (κ3) is 4.48. The molecule has 1 aliphatic heterocycles. The van der Waals surface area contributed by atoms with Crippen molar-refractivity contribution in [2.75, 3.05) is 19.5 Å². The molecule has 2 aromatic carbocycles. The fraction of sp³-hybridized carbons (Fsp3) is 0.292. The van der Waals surface area contributed by atoms with Crippen LogP contribution in [0.25, 0.3) is 0 Å². The number of aliphatic carboxylic acids is 1. The highest BCUT2D eigenvalue weighted by atomic mass is 16.5. The highest BCUT2D eigenvalue weighted by Gasteiger charge is 2.37. The van der Waals surface area contributed by atoms with Gasteiger partial charge in [0.15, 0.2) is 0 Å². The molecule has 9 heteroatoms. The summed E-state index contributed by atoms with van der Waals surface area (Å²) in [5.74, 6) is 0.243. The molecule has 0 radical (unpaired) electrons. The van der Waals surface area contributed by atoms with Crippen LogP contribution in [0.1, 0.15) is 22.5 Å². The lowest BCUT2D eigenvalue weighted by molar-refractivity contribution is -0.142. The first-order chi connectivity index (χ1) is 15.9. The number of anilines is 1. The molecule has 2 N–H and O–H groups in total. The zero-order valence-electron chi connectivity index (χ0n) is 18.7. The molecule has 2 amide bonds. The molecule has 1 aromatic heterocycles. The number of imidazole rings is 1. The summed E-state index contributed by atoms with van der Waals surface area (Å²) in [6.07, 6.45) is 1.86. The highest BCUT2D eigenvalue weighted by Crippen LogP contribution is 2.28. The first-order valence-electron chi connectivity index (χ1n) is 10.5. The molecule has 2 heterocycles. The molecular weight excluding hydrogens is 424 g/mol. The summed E-state index contributed by atoms with van der Waals surface area (Å²) >= 11 is 0. The molecule has 172 valence electrons. The van der Waals surface area contributed by atoms with Gasteiger partial charge in [0.1, 0.15) is 17.5 Å². The lowest BCUT2D eigenvalue weighted by atomic mass is 10.0. The molecule has 4 rings (SSSR count). The van der Waals surface area contributed by atoms with Crippen LogP contribution in [-0.2, 0) is 24.3 Å². The minimum atomic E-state index is -1.07. The topological polar surface area (TPSA) is 106 Å². The Bertz CT molecular complexity index is 1190. The van der Waals surface area contributed by atoms with Crippen molar-refractivity contribution >= 4 is 17.7 Å². The average Bonchev–Trinajstić information content (AvgIpc) is 3.20. The molecule has 1 aliphatic rings. The first-order valence-corrected chi connectivity index (χ1v) is 10.5.